The Morgan fingerprint density at radius 1 is 1.03 bits per heavy atom. The summed E-state index contributed by atoms with van der Waals surface area (Å²) in [5.74, 6) is 1.24. The van der Waals surface area contributed by atoms with E-state index in [1.54, 1.807) is 48.5 Å². The first-order valence-electron chi connectivity index (χ1n) is 10.4. The number of amides is 1. The molecule has 1 aliphatic heterocycles. The van der Waals surface area contributed by atoms with Crippen LogP contribution >= 0.6 is 0 Å². The molecule has 0 atom stereocenters. The molecule has 0 aliphatic carbocycles. The number of fused-ring (bicyclic) bond motifs is 1. The lowest BCUT2D eigenvalue weighted by atomic mass is 10.2. The summed E-state index contributed by atoms with van der Waals surface area (Å²) in [5.41, 5.74) is 3.21. The average molecular weight is 498 g/mol. The second-order valence-corrected chi connectivity index (χ2v) is 9.13. The molecule has 182 valence electrons. The molecule has 35 heavy (non-hydrogen) atoms. The highest BCUT2D eigenvalue weighted by Crippen LogP contribution is 2.35. The molecule has 0 spiro atoms. The molecule has 0 bridgehead atoms. The summed E-state index contributed by atoms with van der Waals surface area (Å²) in [7, 11) is -1.23. The van der Waals surface area contributed by atoms with E-state index in [-0.39, 0.29) is 23.1 Å². The zero-order valence-corrected chi connectivity index (χ0v) is 19.8. The smallest absolute Gasteiger partial charge is 0.264 e. The summed E-state index contributed by atoms with van der Waals surface area (Å²) in [4.78, 5) is 12.8. The minimum atomic E-state index is -4.12. The van der Waals surface area contributed by atoms with E-state index in [9.17, 15) is 13.2 Å². The fraction of sp³-hybridized carbons (Fsp3) is 0.167. The van der Waals surface area contributed by atoms with Gasteiger partial charge in [0.15, 0.2) is 11.5 Å². The monoisotopic (exact) mass is 497 g/mol. The fourth-order valence-electron chi connectivity index (χ4n) is 3.35. The van der Waals surface area contributed by atoms with Crippen molar-refractivity contribution in [3.63, 3.8) is 0 Å². The van der Waals surface area contributed by atoms with Gasteiger partial charge in [0, 0.05) is 6.07 Å². The number of methoxy groups -OCH3 is 2. The Morgan fingerprint density at radius 2 is 1.80 bits per heavy atom. The van der Waals surface area contributed by atoms with E-state index in [0.29, 0.717) is 22.8 Å². The second kappa shape index (κ2) is 10.3. The molecule has 4 rings (SSSR count). The third-order valence-corrected chi connectivity index (χ3v) is 6.85. The molecule has 0 aromatic heterocycles. The Balaban J connectivity index is 1.59. The maximum absolute atomic E-state index is 13.5. The van der Waals surface area contributed by atoms with Crippen LogP contribution in [0.2, 0.25) is 0 Å². The van der Waals surface area contributed by atoms with E-state index in [1.165, 1.54) is 38.6 Å². The molecule has 0 saturated carbocycles. The summed E-state index contributed by atoms with van der Waals surface area (Å²) < 4.78 is 49.1. The molecule has 10 nitrogen and oxygen atoms in total. The Bertz CT molecular complexity index is 1340. The number of rotatable bonds is 9. The van der Waals surface area contributed by atoms with Crippen LogP contribution in [0.25, 0.3) is 0 Å². The van der Waals surface area contributed by atoms with Crippen molar-refractivity contribution in [2.75, 3.05) is 31.9 Å². The van der Waals surface area contributed by atoms with Crippen LogP contribution in [0, 0.1) is 0 Å². The number of sulfonamides is 1. The van der Waals surface area contributed by atoms with E-state index in [1.807, 2.05) is 0 Å². The quantitative estimate of drug-likeness (QED) is 0.357. The van der Waals surface area contributed by atoms with Gasteiger partial charge in [0.05, 0.1) is 31.0 Å². The third kappa shape index (κ3) is 5.30. The lowest BCUT2D eigenvalue weighted by Crippen LogP contribution is -2.39. The first kappa shape index (κ1) is 23.9. The number of nitrogens with zero attached hydrogens (tertiary/aromatic N) is 2. The van der Waals surface area contributed by atoms with Gasteiger partial charge in [-0.2, -0.15) is 5.10 Å². The van der Waals surface area contributed by atoms with Crippen LogP contribution in [-0.4, -0.2) is 48.1 Å². The fourth-order valence-corrected chi connectivity index (χ4v) is 4.80. The molecular weight excluding hydrogens is 474 g/mol. The number of anilines is 1. The lowest BCUT2D eigenvalue weighted by molar-refractivity contribution is -0.119. The predicted molar refractivity (Wildman–Crippen MR) is 129 cm³/mol. The molecular formula is C24H23N3O7S. The minimum absolute atomic E-state index is 0.0227. The van der Waals surface area contributed by atoms with Crippen molar-refractivity contribution in [3.05, 3.63) is 72.3 Å². The molecule has 0 saturated heterocycles. The van der Waals surface area contributed by atoms with Crippen molar-refractivity contribution in [2.24, 2.45) is 5.10 Å². The number of ether oxygens (including phenoxy) is 4. The summed E-state index contributed by atoms with van der Waals surface area (Å²) >= 11 is 0. The highest BCUT2D eigenvalue weighted by atomic mass is 32.2. The Kier molecular flexibility index (Phi) is 7.06. The molecule has 0 fully saturated rings. The number of carbonyl (C=O) groups excluding carboxylic acids is 1. The van der Waals surface area contributed by atoms with Crippen molar-refractivity contribution in [1.82, 2.24) is 5.43 Å². The van der Waals surface area contributed by atoms with Crippen LogP contribution in [0.15, 0.2) is 76.7 Å². The van der Waals surface area contributed by atoms with E-state index < -0.39 is 22.5 Å². The van der Waals surface area contributed by atoms with Crippen LogP contribution in [-0.2, 0) is 14.8 Å². The maximum atomic E-state index is 13.5. The van der Waals surface area contributed by atoms with Crippen LogP contribution in [0.4, 0.5) is 5.69 Å². The van der Waals surface area contributed by atoms with Gasteiger partial charge >= 0.3 is 0 Å². The van der Waals surface area contributed by atoms with Crippen molar-refractivity contribution in [1.29, 1.82) is 0 Å². The van der Waals surface area contributed by atoms with Gasteiger partial charge in [-0.05, 0) is 48.0 Å². The van der Waals surface area contributed by atoms with Crippen molar-refractivity contribution in [2.45, 2.75) is 4.90 Å². The van der Waals surface area contributed by atoms with Gasteiger partial charge in [-0.1, -0.05) is 18.2 Å². The molecule has 0 unspecified atom stereocenters. The zero-order chi connectivity index (χ0) is 24.8. The van der Waals surface area contributed by atoms with Gasteiger partial charge in [-0.15, -0.1) is 0 Å². The van der Waals surface area contributed by atoms with Gasteiger partial charge in [0.25, 0.3) is 15.9 Å². The van der Waals surface area contributed by atoms with Crippen LogP contribution in [0.3, 0.4) is 0 Å². The second-order valence-electron chi connectivity index (χ2n) is 7.27. The largest absolute Gasteiger partial charge is 0.497 e. The van der Waals surface area contributed by atoms with Crippen molar-refractivity contribution in [3.8, 4) is 23.0 Å². The Hall–Kier alpha value is -4.25. The number of carbonyl (C=O) groups is 1. The van der Waals surface area contributed by atoms with Gasteiger partial charge in [-0.25, -0.2) is 13.8 Å². The number of nitrogens with one attached hydrogen (secondary N) is 1. The molecule has 11 heteroatoms. The van der Waals surface area contributed by atoms with Crippen molar-refractivity contribution < 1.29 is 32.2 Å². The standard InChI is InChI=1S/C24H23N3O7S/c1-31-18-9-10-20(22(13-18)32-2)27(35(29,30)19-6-4-3-5-7-19)15-24(28)26-25-14-17-8-11-21-23(12-17)34-16-33-21/h3-14H,15-16H2,1-2H3,(H,26,28)/b25-14-. The molecule has 0 radical (unpaired) electrons. The van der Waals surface area contributed by atoms with Crippen molar-refractivity contribution >= 4 is 27.8 Å². The van der Waals surface area contributed by atoms with E-state index >= 15 is 0 Å². The first-order valence-corrected chi connectivity index (χ1v) is 11.9. The third-order valence-electron chi connectivity index (χ3n) is 5.07. The lowest BCUT2D eigenvalue weighted by Gasteiger charge is -2.25. The number of hydrogen-bond donors (Lipinski definition) is 1. The average Bonchev–Trinajstić information content (AvgIpc) is 3.35. The van der Waals surface area contributed by atoms with Crippen LogP contribution in [0.1, 0.15) is 5.56 Å². The summed E-state index contributed by atoms with van der Waals surface area (Å²) in [6, 6.07) is 17.6. The SMILES string of the molecule is COc1ccc(N(CC(=O)N/N=C\c2ccc3c(c2)OCO3)S(=O)(=O)c2ccccc2)c(OC)c1. The van der Waals surface area contributed by atoms with E-state index in [2.05, 4.69) is 10.5 Å². The summed E-state index contributed by atoms with van der Waals surface area (Å²) in [6.45, 7) is -0.397. The first-order chi connectivity index (χ1) is 16.9. The normalized spacial score (nSPS) is 12.4. The summed E-state index contributed by atoms with van der Waals surface area (Å²) in [6.07, 6.45) is 1.42. The molecule has 1 amide bonds. The van der Waals surface area contributed by atoms with Crippen LogP contribution in [0.5, 0.6) is 23.0 Å². The Morgan fingerprint density at radius 3 is 2.54 bits per heavy atom. The minimum Gasteiger partial charge on any atom is -0.497 e. The maximum Gasteiger partial charge on any atom is 0.264 e. The highest BCUT2D eigenvalue weighted by molar-refractivity contribution is 7.92. The molecule has 1 heterocycles. The number of hydrazone groups is 1. The Labute approximate surface area is 202 Å². The van der Waals surface area contributed by atoms with Gasteiger partial charge in [-0.3, -0.25) is 9.10 Å². The number of hydrogen-bond acceptors (Lipinski definition) is 8. The van der Waals surface area contributed by atoms with E-state index in [4.69, 9.17) is 18.9 Å². The number of benzene rings is 3. The molecule has 3 aromatic rings. The molecule has 3 aromatic carbocycles. The zero-order valence-electron chi connectivity index (χ0n) is 19.0. The van der Waals surface area contributed by atoms with Gasteiger partial charge in [0.2, 0.25) is 6.79 Å². The predicted octanol–water partition coefficient (Wildman–Crippen LogP) is 2.78. The topological polar surface area (TPSA) is 116 Å². The molecule has 1 aliphatic rings. The van der Waals surface area contributed by atoms with Crippen LogP contribution < -0.4 is 28.7 Å². The van der Waals surface area contributed by atoms with E-state index in [0.717, 1.165) is 4.31 Å². The van der Waals surface area contributed by atoms with Gasteiger partial charge in [0.1, 0.15) is 18.0 Å². The highest BCUT2D eigenvalue weighted by Gasteiger charge is 2.29. The summed E-state index contributed by atoms with van der Waals surface area (Å²) in [5, 5.41) is 3.94. The van der Waals surface area contributed by atoms with Gasteiger partial charge < -0.3 is 18.9 Å². The molecule has 1 N–H and O–H groups in total.